The van der Waals surface area contributed by atoms with Crippen LogP contribution in [0.3, 0.4) is 0 Å². The molecule has 0 aromatic heterocycles. The van der Waals surface area contributed by atoms with Gasteiger partial charge in [-0.3, -0.25) is 0 Å². The van der Waals surface area contributed by atoms with E-state index in [1.807, 2.05) is 0 Å². The van der Waals surface area contributed by atoms with E-state index in [9.17, 15) is 17.2 Å². The Balaban J connectivity index is 2.71. The molecular weight excluding hydrogens is 214 g/mol. The number of rotatable bonds is 0. The molecule has 0 unspecified atom stereocenters. The predicted octanol–water partition coefficient (Wildman–Crippen LogP) is 0.626. The van der Waals surface area contributed by atoms with Crippen LogP contribution in [0.25, 0.3) is 0 Å². The monoisotopic (exact) mass is 220 g/mol. The van der Waals surface area contributed by atoms with Crippen molar-refractivity contribution in [3.63, 3.8) is 0 Å². The summed E-state index contributed by atoms with van der Waals surface area (Å²) in [7, 11) is -3.70. The van der Waals surface area contributed by atoms with Crippen molar-refractivity contribution in [3.05, 3.63) is 23.8 Å². The van der Waals surface area contributed by atoms with Gasteiger partial charge in [-0.25, -0.2) is 17.2 Å². The maximum absolute atomic E-state index is 12.8. The lowest BCUT2D eigenvalue weighted by Gasteiger charge is -2.19. The molecular formula is C7H6F2N2O2S. The van der Waals surface area contributed by atoms with Crippen LogP contribution in [0.4, 0.5) is 14.5 Å². The van der Waals surface area contributed by atoms with Crippen LogP contribution in [0, 0.1) is 11.6 Å². The first-order valence-electron chi connectivity index (χ1n) is 3.73. The van der Waals surface area contributed by atoms with Crippen molar-refractivity contribution in [2.75, 3.05) is 12.0 Å². The molecule has 0 atom stereocenters. The van der Waals surface area contributed by atoms with Crippen molar-refractivity contribution in [2.45, 2.75) is 4.90 Å². The zero-order chi connectivity index (χ0) is 10.3. The molecule has 1 aromatic rings. The molecule has 0 saturated heterocycles. The fraction of sp³-hybridized carbons (Fsp3) is 0.143. The van der Waals surface area contributed by atoms with E-state index in [-0.39, 0.29) is 17.3 Å². The summed E-state index contributed by atoms with van der Waals surface area (Å²) < 4.78 is 50.2. The first-order valence-corrected chi connectivity index (χ1v) is 5.21. The second-order valence-electron chi connectivity index (χ2n) is 2.76. The van der Waals surface area contributed by atoms with Crippen molar-refractivity contribution in [1.29, 1.82) is 0 Å². The van der Waals surface area contributed by atoms with Crippen LogP contribution in [0.2, 0.25) is 0 Å². The number of nitrogens with one attached hydrogen (secondary N) is 2. The van der Waals surface area contributed by atoms with Crippen LogP contribution in [0.1, 0.15) is 0 Å². The molecule has 0 saturated carbocycles. The van der Waals surface area contributed by atoms with Crippen molar-refractivity contribution in [3.8, 4) is 0 Å². The number of sulfonamides is 1. The van der Waals surface area contributed by atoms with Gasteiger partial charge >= 0.3 is 0 Å². The van der Waals surface area contributed by atoms with Gasteiger partial charge in [0.2, 0.25) is 10.0 Å². The molecule has 7 heteroatoms. The Bertz CT molecular complexity index is 487. The standard InChI is InChI=1S/C7H6F2N2O2S/c8-4-1-6-7(2-5(4)9)14(12,13)11-3-10-6/h1-2,10-11H,3H2. The number of halogens is 2. The van der Waals surface area contributed by atoms with E-state index >= 15 is 0 Å². The lowest BCUT2D eigenvalue weighted by molar-refractivity contribution is 0.504. The molecule has 2 rings (SSSR count). The van der Waals surface area contributed by atoms with E-state index in [1.165, 1.54) is 0 Å². The minimum Gasteiger partial charge on any atom is -0.370 e. The summed E-state index contributed by atoms with van der Waals surface area (Å²) in [5.74, 6) is -2.26. The third kappa shape index (κ3) is 1.34. The van der Waals surface area contributed by atoms with Gasteiger partial charge in [-0.05, 0) is 6.07 Å². The summed E-state index contributed by atoms with van der Waals surface area (Å²) >= 11 is 0. The van der Waals surface area contributed by atoms with Crippen molar-refractivity contribution in [2.24, 2.45) is 0 Å². The van der Waals surface area contributed by atoms with E-state index in [1.54, 1.807) is 0 Å². The highest BCUT2D eigenvalue weighted by Gasteiger charge is 2.24. The van der Waals surface area contributed by atoms with Crippen molar-refractivity contribution >= 4 is 15.7 Å². The lowest BCUT2D eigenvalue weighted by Crippen LogP contribution is -2.34. The van der Waals surface area contributed by atoms with Gasteiger partial charge < -0.3 is 5.32 Å². The summed E-state index contributed by atoms with van der Waals surface area (Å²) in [6.07, 6.45) is 0. The Kier molecular flexibility index (Phi) is 1.93. The first kappa shape index (κ1) is 9.35. The number of hydrogen-bond acceptors (Lipinski definition) is 3. The summed E-state index contributed by atoms with van der Waals surface area (Å²) in [6.45, 7) is -0.0274. The van der Waals surface area contributed by atoms with E-state index in [0.29, 0.717) is 6.07 Å². The van der Waals surface area contributed by atoms with Crippen LogP contribution >= 0.6 is 0 Å². The number of benzene rings is 1. The van der Waals surface area contributed by atoms with Gasteiger partial charge in [0.1, 0.15) is 4.90 Å². The third-order valence-corrected chi connectivity index (χ3v) is 3.29. The summed E-state index contributed by atoms with van der Waals surface area (Å²) in [5.41, 5.74) is 0.0719. The second kappa shape index (κ2) is 2.89. The van der Waals surface area contributed by atoms with Gasteiger partial charge in [0.15, 0.2) is 11.6 Å². The van der Waals surface area contributed by atoms with Crippen molar-refractivity contribution in [1.82, 2.24) is 4.72 Å². The van der Waals surface area contributed by atoms with Crippen LogP contribution in [-0.4, -0.2) is 15.1 Å². The highest BCUT2D eigenvalue weighted by molar-refractivity contribution is 7.89. The summed E-state index contributed by atoms with van der Waals surface area (Å²) in [4.78, 5) is -0.275. The highest BCUT2D eigenvalue weighted by atomic mass is 32.2. The van der Waals surface area contributed by atoms with E-state index in [2.05, 4.69) is 10.0 Å². The molecule has 76 valence electrons. The Morgan fingerprint density at radius 3 is 2.57 bits per heavy atom. The molecule has 1 aliphatic heterocycles. The minimum atomic E-state index is -3.70. The zero-order valence-corrected chi connectivity index (χ0v) is 7.66. The number of fused-ring (bicyclic) bond motifs is 1. The topological polar surface area (TPSA) is 58.2 Å². The molecule has 14 heavy (non-hydrogen) atoms. The van der Waals surface area contributed by atoms with Gasteiger partial charge in [-0.2, -0.15) is 4.72 Å². The van der Waals surface area contributed by atoms with Gasteiger partial charge in [0.05, 0.1) is 12.4 Å². The molecule has 0 fully saturated rings. The fourth-order valence-electron chi connectivity index (χ4n) is 1.19. The normalized spacial score (nSPS) is 18.4. The highest BCUT2D eigenvalue weighted by Crippen LogP contribution is 2.26. The van der Waals surface area contributed by atoms with E-state index in [0.717, 1.165) is 6.07 Å². The smallest absolute Gasteiger partial charge is 0.244 e. The number of hydrogen-bond donors (Lipinski definition) is 2. The molecule has 0 radical (unpaired) electrons. The van der Waals surface area contributed by atoms with Crippen molar-refractivity contribution < 1.29 is 17.2 Å². The minimum absolute atomic E-state index is 0.0274. The Labute approximate surface area is 79.0 Å². The Morgan fingerprint density at radius 2 is 1.86 bits per heavy atom. The lowest BCUT2D eigenvalue weighted by atomic mass is 10.3. The SMILES string of the molecule is O=S1(=O)NCNc2cc(F)c(F)cc21. The maximum Gasteiger partial charge on any atom is 0.244 e. The Hall–Kier alpha value is -1.21. The van der Waals surface area contributed by atoms with E-state index in [4.69, 9.17) is 0 Å². The Morgan fingerprint density at radius 1 is 1.21 bits per heavy atom. The molecule has 1 aromatic carbocycles. The molecule has 0 bridgehead atoms. The predicted molar refractivity (Wildman–Crippen MR) is 45.2 cm³/mol. The largest absolute Gasteiger partial charge is 0.370 e. The molecule has 1 aliphatic rings. The average molecular weight is 220 g/mol. The van der Waals surface area contributed by atoms with E-state index < -0.39 is 21.7 Å². The summed E-state index contributed by atoms with van der Waals surface area (Å²) in [5, 5.41) is 2.59. The van der Waals surface area contributed by atoms with Gasteiger partial charge in [0.25, 0.3) is 0 Å². The van der Waals surface area contributed by atoms with Gasteiger partial charge in [-0.15, -0.1) is 0 Å². The van der Waals surface area contributed by atoms with Crippen LogP contribution < -0.4 is 10.0 Å². The van der Waals surface area contributed by atoms with Gasteiger partial charge in [-0.1, -0.05) is 0 Å². The molecule has 2 N–H and O–H groups in total. The van der Waals surface area contributed by atoms with Crippen LogP contribution in [0.15, 0.2) is 17.0 Å². The molecule has 1 heterocycles. The maximum atomic E-state index is 12.8. The summed E-state index contributed by atoms with van der Waals surface area (Å²) in [6, 6.07) is 1.47. The quantitative estimate of drug-likeness (QED) is 0.674. The average Bonchev–Trinajstić information content (AvgIpc) is 2.08. The van der Waals surface area contributed by atoms with Gasteiger partial charge in [0, 0.05) is 6.07 Å². The second-order valence-corrected chi connectivity index (χ2v) is 4.50. The zero-order valence-electron chi connectivity index (χ0n) is 6.84. The van der Waals surface area contributed by atoms with Crippen LogP contribution in [-0.2, 0) is 10.0 Å². The molecule has 4 nitrogen and oxygen atoms in total. The number of anilines is 1. The first-order chi connectivity index (χ1) is 6.50. The fourth-order valence-corrected chi connectivity index (χ4v) is 2.29. The molecule has 0 spiro atoms. The molecule has 0 aliphatic carbocycles. The third-order valence-electron chi connectivity index (χ3n) is 1.85. The molecule has 0 amide bonds. The van der Waals surface area contributed by atoms with Crippen LogP contribution in [0.5, 0.6) is 0 Å².